The van der Waals surface area contributed by atoms with Gasteiger partial charge in [-0.05, 0) is 50.3 Å². The summed E-state index contributed by atoms with van der Waals surface area (Å²) in [6.45, 7) is 5.07. The fraction of sp³-hybridized carbons (Fsp3) is 0.471. The molecule has 1 aliphatic rings. The summed E-state index contributed by atoms with van der Waals surface area (Å²) >= 11 is 0. The molecule has 0 saturated carbocycles. The highest BCUT2D eigenvalue weighted by Crippen LogP contribution is 2.34. The molecular weight excluding hydrogens is 262 g/mol. The van der Waals surface area contributed by atoms with Crippen molar-refractivity contribution in [2.75, 3.05) is 0 Å². The quantitative estimate of drug-likeness (QED) is 0.906. The third-order valence-electron chi connectivity index (χ3n) is 4.22. The number of nitrogens with one attached hydrogen (secondary N) is 1. The van der Waals surface area contributed by atoms with Gasteiger partial charge < -0.3 is 10.4 Å². The number of benzene rings is 1. The largest absolute Gasteiger partial charge is 0.508 e. The molecule has 4 nitrogen and oxygen atoms in total. The van der Waals surface area contributed by atoms with Gasteiger partial charge in [0.2, 0.25) is 0 Å². The molecular formula is C17H23N3O. The Bertz CT molecular complexity index is 618. The number of phenols is 1. The summed E-state index contributed by atoms with van der Waals surface area (Å²) in [6.07, 6.45) is 7.25. The van der Waals surface area contributed by atoms with Crippen molar-refractivity contribution >= 4 is 0 Å². The van der Waals surface area contributed by atoms with Crippen molar-refractivity contribution in [2.24, 2.45) is 0 Å². The molecule has 2 aromatic rings. The first-order valence-electron chi connectivity index (χ1n) is 7.72. The lowest BCUT2D eigenvalue weighted by atomic mass is 9.87. The van der Waals surface area contributed by atoms with Gasteiger partial charge in [-0.25, -0.2) is 0 Å². The molecule has 1 atom stereocenters. The van der Waals surface area contributed by atoms with Crippen LogP contribution >= 0.6 is 0 Å². The second kappa shape index (κ2) is 5.90. The first kappa shape index (κ1) is 14.1. The highest BCUT2D eigenvalue weighted by Gasteiger charge is 2.21. The Kier molecular flexibility index (Phi) is 3.97. The fourth-order valence-corrected chi connectivity index (χ4v) is 3.03. The Labute approximate surface area is 125 Å². The summed E-state index contributed by atoms with van der Waals surface area (Å²) in [6, 6.07) is 6.57. The van der Waals surface area contributed by atoms with Crippen LogP contribution in [0.1, 0.15) is 55.5 Å². The van der Waals surface area contributed by atoms with Crippen LogP contribution in [0.3, 0.4) is 0 Å². The van der Waals surface area contributed by atoms with E-state index >= 15 is 0 Å². The molecule has 3 rings (SSSR count). The molecule has 0 radical (unpaired) electrons. The predicted octanol–water partition coefficient (Wildman–Crippen LogP) is 3.34. The Morgan fingerprint density at radius 3 is 3.05 bits per heavy atom. The minimum Gasteiger partial charge on any atom is -0.508 e. The number of hydrogen-bond acceptors (Lipinski definition) is 3. The summed E-state index contributed by atoms with van der Waals surface area (Å²) in [7, 11) is 0. The smallest absolute Gasteiger partial charge is 0.119 e. The minimum absolute atomic E-state index is 0.322. The molecule has 0 saturated heterocycles. The number of phenolic OH excluding ortho intramolecular Hbond substituents is 1. The second-order valence-corrected chi connectivity index (χ2v) is 6.09. The maximum absolute atomic E-state index is 9.98. The lowest BCUT2D eigenvalue weighted by Crippen LogP contribution is -2.24. The van der Waals surface area contributed by atoms with Crippen molar-refractivity contribution in [2.45, 2.75) is 51.7 Å². The topological polar surface area (TPSA) is 50.1 Å². The number of rotatable bonds is 4. The van der Waals surface area contributed by atoms with E-state index in [9.17, 15) is 5.11 Å². The monoisotopic (exact) mass is 285 g/mol. The van der Waals surface area contributed by atoms with Crippen molar-refractivity contribution in [1.29, 1.82) is 0 Å². The maximum atomic E-state index is 9.98. The van der Waals surface area contributed by atoms with Gasteiger partial charge in [0.1, 0.15) is 5.75 Å². The Hall–Kier alpha value is -1.81. The van der Waals surface area contributed by atoms with Crippen molar-refractivity contribution in [3.8, 4) is 5.75 Å². The summed E-state index contributed by atoms with van der Waals surface area (Å²) < 4.78 is 1.98. The summed E-state index contributed by atoms with van der Waals surface area (Å²) in [4.78, 5) is 0. The maximum Gasteiger partial charge on any atom is 0.119 e. The number of hydrogen-bond donors (Lipinski definition) is 2. The van der Waals surface area contributed by atoms with E-state index in [-0.39, 0.29) is 0 Å². The van der Waals surface area contributed by atoms with Crippen molar-refractivity contribution in [3.05, 3.63) is 47.3 Å². The van der Waals surface area contributed by atoms with Crippen LogP contribution in [0.25, 0.3) is 0 Å². The van der Waals surface area contributed by atoms with Crippen LogP contribution in [0.2, 0.25) is 0 Å². The van der Waals surface area contributed by atoms with E-state index in [0.717, 1.165) is 31.4 Å². The molecule has 1 aromatic carbocycles. The van der Waals surface area contributed by atoms with Crippen LogP contribution in [-0.2, 0) is 13.0 Å². The van der Waals surface area contributed by atoms with E-state index in [0.29, 0.717) is 17.8 Å². The second-order valence-electron chi connectivity index (χ2n) is 6.09. The highest BCUT2D eigenvalue weighted by atomic mass is 16.3. The molecule has 1 aliphatic carbocycles. The lowest BCUT2D eigenvalue weighted by Gasteiger charge is -2.27. The number of aromatic nitrogens is 2. The van der Waals surface area contributed by atoms with Gasteiger partial charge in [0.05, 0.1) is 6.20 Å². The van der Waals surface area contributed by atoms with Gasteiger partial charge in [0.25, 0.3) is 0 Å². The van der Waals surface area contributed by atoms with E-state index in [1.54, 1.807) is 6.07 Å². The Balaban J connectivity index is 1.70. The van der Waals surface area contributed by atoms with Gasteiger partial charge in [-0.15, -0.1) is 0 Å². The summed E-state index contributed by atoms with van der Waals surface area (Å²) in [5.41, 5.74) is 3.56. The molecule has 21 heavy (non-hydrogen) atoms. The van der Waals surface area contributed by atoms with Crippen molar-refractivity contribution < 1.29 is 5.11 Å². The Morgan fingerprint density at radius 1 is 1.43 bits per heavy atom. The molecule has 0 amide bonds. The molecule has 4 heteroatoms. The lowest BCUT2D eigenvalue weighted by molar-refractivity contribution is 0.429. The number of aromatic hydroxyl groups is 1. The van der Waals surface area contributed by atoms with E-state index in [1.165, 1.54) is 11.1 Å². The number of fused-ring (bicyclic) bond motifs is 1. The zero-order valence-electron chi connectivity index (χ0n) is 12.7. The van der Waals surface area contributed by atoms with Crippen LogP contribution < -0.4 is 5.32 Å². The first-order valence-corrected chi connectivity index (χ1v) is 7.72. The molecule has 1 aromatic heterocycles. The van der Waals surface area contributed by atoms with Gasteiger partial charge in [0, 0.05) is 30.4 Å². The van der Waals surface area contributed by atoms with Gasteiger partial charge in [-0.2, -0.15) is 5.10 Å². The van der Waals surface area contributed by atoms with Crippen LogP contribution in [0.5, 0.6) is 5.75 Å². The van der Waals surface area contributed by atoms with Gasteiger partial charge >= 0.3 is 0 Å². The normalized spacial score (nSPS) is 18.0. The average Bonchev–Trinajstić information content (AvgIpc) is 2.95. The predicted molar refractivity (Wildman–Crippen MR) is 83.2 cm³/mol. The molecule has 0 aliphatic heterocycles. The standard InChI is InChI=1S/C17H23N3O/c1-12(2)20-11-13(10-19-20)9-18-16-7-3-6-15-14(16)5-4-8-17(15)21/h4-5,8,10-12,16,18,21H,3,6-7,9H2,1-2H3/t16-/m1/s1. The third-order valence-corrected chi connectivity index (χ3v) is 4.22. The Morgan fingerprint density at radius 2 is 2.29 bits per heavy atom. The SMILES string of the molecule is CC(C)n1cc(CN[C@@H]2CCCc3c(O)cccc32)cn1. The van der Waals surface area contributed by atoms with Gasteiger partial charge in [-0.3, -0.25) is 4.68 Å². The fourth-order valence-electron chi connectivity index (χ4n) is 3.03. The minimum atomic E-state index is 0.322. The third kappa shape index (κ3) is 2.95. The van der Waals surface area contributed by atoms with E-state index < -0.39 is 0 Å². The summed E-state index contributed by atoms with van der Waals surface area (Å²) in [5.74, 6) is 0.437. The molecule has 112 valence electrons. The highest BCUT2D eigenvalue weighted by molar-refractivity contribution is 5.42. The molecule has 0 fully saturated rings. The zero-order chi connectivity index (χ0) is 14.8. The molecule has 0 unspecified atom stereocenters. The zero-order valence-corrected chi connectivity index (χ0v) is 12.7. The van der Waals surface area contributed by atoms with Crippen molar-refractivity contribution in [1.82, 2.24) is 15.1 Å². The average molecular weight is 285 g/mol. The van der Waals surface area contributed by atoms with E-state index in [4.69, 9.17) is 0 Å². The van der Waals surface area contributed by atoms with Crippen LogP contribution in [0.4, 0.5) is 0 Å². The molecule has 2 N–H and O–H groups in total. The van der Waals surface area contributed by atoms with Crippen LogP contribution in [-0.4, -0.2) is 14.9 Å². The van der Waals surface area contributed by atoms with E-state index in [1.807, 2.05) is 16.9 Å². The van der Waals surface area contributed by atoms with Crippen LogP contribution in [0.15, 0.2) is 30.6 Å². The van der Waals surface area contributed by atoms with Gasteiger partial charge in [0.15, 0.2) is 0 Å². The molecule has 0 spiro atoms. The molecule has 1 heterocycles. The van der Waals surface area contributed by atoms with E-state index in [2.05, 4.69) is 36.5 Å². The van der Waals surface area contributed by atoms with Crippen molar-refractivity contribution in [3.63, 3.8) is 0 Å². The molecule has 0 bridgehead atoms. The summed E-state index contributed by atoms with van der Waals surface area (Å²) in [5, 5.41) is 18.0. The number of nitrogens with zero attached hydrogens (tertiary/aromatic N) is 2. The van der Waals surface area contributed by atoms with Crippen LogP contribution in [0, 0.1) is 0 Å². The van der Waals surface area contributed by atoms with Gasteiger partial charge in [-0.1, -0.05) is 12.1 Å². The first-order chi connectivity index (χ1) is 10.1.